The molecule has 2 aromatic rings. The highest BCUT2D eigenvalue weighted by atomic mass is 79.9. The maximum atomic E-state index is 12.4. The molecule has 0 atom stereocenters. The van der Waals surface area contributed by atoms with Gasteiger partial charge in [-0.15, -0.1) is 0 Å². The highest BCUT2D eigenvalue weighted by Crippen LogP contribution is 2.15. The van der Waals surface area contributed by atoms with Crippen LogP contribution < -0.4 is 10.9 Å². The average Bonchev–Trinajstić information content (AvgIpc) is 2.67. The van der Waals surface area contributed by atoms with Crippen LogP contribution in [0.5, 0.6) is 5.75 Å². The van der Waals surface area contributed by atoms with E-state index in [-0.39, 0.29) is 5.69 Å². The summed E-state index contributed by atoms with van der Waals surface area (Å²) in [6.45, 7) is 2.73. The van der Waals surface area contributed by atoms with Crippen LogP contribution in [-0.4, -0.2) is 27.3 Å². The van der Waals surface area contributed by atoms with Crippen molar-refractivity contribution in [2.45, 2.75) is 58.3 Å². The van der Waals surface area contributed by atoms with Gasteiger partial charge in [0, 0.05) is 17.1 Å². The molecule has 6 nitrogen and oxygen atoms in total. The summed E-state index contributed by atoms with van der Waals surface area (Å²) in [5.74, 6) is -0.891. The van der Waals surface area contributed by atoms with Gasteiger partial charge in [0.15, 0.2) is 11.4 Å². The van der Waals surface area contributed by atoms with E-state index in [1.807, 2.05) is 0 Å². The van der Waals surface area contributed by atoms with Crippen molar-refractivity contribution in [1.82, 2.24) is 15.1 Å². The van der Waals surface area contributed by atoms with Gasteiger partial charge in [0.2, 0.25) is 0 Å². The molecule has 152 valence electrons. The molecular weight excluding hydrogens is 422 g/mol. The zero-order chi connectivity index (χ0) is 20.4. The van der Waals surface area contributed by atoms with E-state index in [1.165, 1.54) is 32.1 Å². The van der Waals surface area contributed by atoms with Crippen molar-refractivity contribution in [3.8, 4) is 11.4 Å². The van der Waals surface area contributed by atoms with Gasteiger partial charge in [0.05, 0.1) is 5.69 Å². The number of hydrogen-bond donors (Lipinski definition) is 2. The van der Waals surface area contributed by atoms with Crippen molar-refractivity contribution in [3.05, 3.63) is 50.9 Å². The summed E-state index contributed by atoms with van der Waals surface area (Å²) in [4.78, 5) is 24.5. The third kappa shape index (κ3) is 6.78. The van der Waals surface area contributed by atoms with Crippen molar-refractivity contribution in [2.75, 3.05) is 6.54 Å². The van der Waals surface area contributed by atoms with E-state index in [2.05, 4.69) is 33.3 Å². The zero-order valence-electron chi connectivity index (χ0n) is 16.3. The first-order chi connectivity index (χ1) is 13.5. The number of nitrogens with zero attached hydrogens (tertiary/aromatic N) is 2. The molecule has 0 aliphatic heterocycles. The SMILES string of the molecule is CCCCCCCCCCNC(=O)c1nn(-c2ccc(Br)cc2)c(=O)cc1O. The topological polar surface area (TPSA) is 84.2 Å². The Bertz CT molecular complexity index is 819. The first kappa shape index (κ1) is 22.1. The van der Waals surface area contributed by atoms with Crippen molar-refractivity contribution in [3.63, 3.8) is 0 Å². The summed E-state index contributed by atoms with van der Waals surface area (Å²) in [6.07, 6.45) is 9.46. The molecular formula is C21H28BrN3O3. The number of amides is 1. The van der Waals surface area contributed by atoms with E-state index in [9.17, 15) is 14.7 Å². The molecule has 0 aliphatic rings. The van der Waals surface area contributed by atoms with Gasteiger partial charge in [-0.1, -0.05) is 67.8 Å². The third-order valence-corrected chi connectivity index (χ3v) is 5.04. The van der Waals surface area contributed by atoms with Gasteiger partial charge >= 0.3 is 0 Å². The molecule has 0 fully saturated rings. The summed E-state index contributed by atoms with van der Waals surface area (Å²) in [7, 11) is 0. The standard InChI is InChI=1S/C21H28BrN3O3/c1-2-3-4-5-6-7-8-9-14-23-21(28)20-18(26)15-19(27)25(24-20)17-12-10-16(22)11-13-17/h10-13,15,26H,2-9,14H2,1H3,(H,23,28). The van der Waals surface area contributed by atoms with Crippen LogP contribution in [0.15, 0.2) is 39.6 Å². The fourth-order valence-electron chi connectivity index (χ4n) is 2.92. The van der Waals surface area contributed by atoms with Gasteiger partial charge in [-0.2, -0.15) is 9.78 Å². The Labute approximate surface area is 174 Å². The molecule has 0 spiro atoms. The molecule has 0 saturated carbocycles. The minimum Gasteiger partial charge on any atom is -0.505 e. The Kier molecular flexibility index (Phi) is 9.20. The monoisotopic (exact) mass is 449 g/mol. The molecule has 1 heterocycles. The summed E-state index contributed by atoms with van der Waals surface area (Å²) in [5, 5.41) is 16.8. The van der Waals surface area contributed by atoms with E-state index in [0.29, 0.717) is 12.2 Å². The maximum absolute atomic E-state index is 12.4. The zero-order valence-corrected chi connectivity index (χ0v) is 17.9. The lowest BCUT2D eigenvalue weighted by Gasteiger charge is -2.09. The number of aromatic hydroxyl groups is 1. The first-order valence-electron chi connectivity index (χ1n) is 9.90. The second-order valence-corrected chi connectivity index (χ2v) is 7.75. The van der Waals surface area contributed by atoms with Gasteiger partial charge in [-0.05, 0) is 30.7 Å². The predicted octanol–water partition coefficient (Wildman–Crippen LogP) is 4.57. The first-order valence-corrected chi connectivity index (χ1v) is 10.7. The Morgan fingerprint density at radius 2 is 1.68 bits per heavy atom. The second-order valence-electron chi connectivity index (χ2n) is 6.84. The van der Waals surface area contributed by atoms with Crippen molar-refractivity contribution < 1.29 is 9.90 Å². The van der Waals surface area contributed by atoms with E-state index >= 15 is 0 Å². The van der Waals surface area contributed by atoms with E-state index < -0.39 is 17.2 Å². The van der Waals surface area contributed by atoms with Gasteiger partial charge in [0.1, 0.15) is 0 Å². The van der Waals surface area contributed by atoms with Crippen LogP contribution in [0.2, 0.25) is 0 Å². The molecule has 2 N–H and O–H groups in total. The molecule has 1 amide bonds. The number of nitrogens with one attached hydrogen (secondary N) is 1. The number of aromatic nitrogens is 2. The van der Waals surface area contributed by atoms with Gasteiger partial charge in [-0.3, -0.25) is 9.59 Å². The van der Waals surface area contributed by atoms with Gasteiger partial charge < -0.3 is 10.4 Å². The average molecular weight is 450 g/mol. The normalized spacial score (nSPS) is 10.8. The van der Waals surface area contributed by atoms with Crippen LogP contribution in [0, 0.1) is 0 Å². The number of halogens is 1. The number of carbonyl (C=O) groups excluding carboxylic acids is 1. The molecule has 7 heteroatoms. The fraction of sp³-hybridized carbons (Fsp3) is 0.476. The summed E-state index contributed by atoms with van der Waals surface area (Å²) < 4.78 is 1.98. The lowest BCUT2D eigenvalue weighted by Crippen LogP contribution is -2.29. The lowest BCUT2D eigenvalue weighted by molar-refractivity contribution is 0.0943. The van der Waals surface area contributed by atoms with E-state index in [4.69, 9.17) is 0 Å². The predicted molar refractivity (Wildman–Crippen MR) is 114 cm³/mol. The summed E-state index contributed by atoms with van der Waals surface area (Å²) in [5.41, 5.74) is -0.133. The maximum Gasteiger partial charge on any atom is 0.275 e. The Balaban J connectivity index is 1.88. The number of benzene rings is 1. The van der Waals surface area contributed by atoms with Crippen molar-refractivity contribution in [1.29, 1.82) is 0 Å². The summed E-state index contributed by atoms with van der Waals surface area (Å²) in [6, 6.07) is 7.98. The molecule has 28 heavy (non-hydrogen) atoms. The van der Waals surface area contributed by atoms with Crippen LogP contribution in [0.25, 0.3) is 5.69 Å². The van der Waals surface area contributed by atoms with Crippen LogP contribution >= 0.6 is 15.9 Å². The molecule has 0 aliphatic carbocycles. The molecule has 0 unspecified atom stereocenters. The minimum absolute atomic E-state index is 0.151. The largest absolute Gasteiger partial charge is 0.505 e. The molecule has 0 radical (unpaired) electrons. The quantitative estimate of drug-likeness (QED) is 0.492. The Morgan fingerprint density at radius 1 is 1.07 bits per heavy atom. The van der Waals surface area contributed by atoms with Gasteiger partial charge in [-0.25, -0.2) is 0 Å². The minimum atomic E-state index is -0.501. The lowest BCUT2D eigenvalue weighted by atomic mass is 10.1. The van der Waals surface area contributed by atoms with Crippen LogP contribution in [0.3, 0.4) is 0 Å². The Morgan fingerprint density at radius 3 is 2.32 bits per heavy atom. The molecule has 2 rings (SSSR count). The fourth-order valence-corrected chi connectivity index (χ4v) is 3.18. The van der Waals surface area contributed by atoms with Crippen LogP contribution in [0.4, 0.5) is 0 Å². The number of rotatable bonds is 11. The molecule has 1 aromatic heterocycles. The van der Waals surface area contributed by atoms with Crippen molar-refractivity contribution >= 4 is 21.8 Å². The second kappa shape index (κ2) is 11.6. The highest BCUT2D eigenvalue weighted by Gasteiger charge is 2.16. The van der Waals surface area contributed by atoms with E-state index in [0.717, 1.165) is 34.5 Å². The number of hydrogen-bond acceptors (Lipinski definition) is 4. The van der Waals surface area contributed by atoms with Crippen molar-refractivity contribution in [2.24, 2.45) is 0 Å². The summed E-state index contributed by atoms with van der Waals surface area (Å²) >= 11 is 3.34. The molecule has 0 bridgehead atoms. The molecule has 0 saturated heterocycles. The third-order valence-electron chi connectivity index (χ3n) is 4.51. The highest BCUT2D eigenvalue weighted by molar-refractivity contribution is 9.10. The van der Waals surface area contributed by atoms with Crippen LogP contribution in [0.1, 0.15) is 68.8 Å². The Hall–Kier alpha value is -2.15. The van der Waals surface area contributed by atoms with Crippen LogP contribution in [-0.2, 0) is 0 Å². The number of carbonyl (C=O) groups is 1. The van der Waals surface area contributed by atoms with Gasteiger partial charge in [0.25, 0.3) is 11.5 Å². The molecule has 1 aromatic carbocycles. The smallest absolute Gasteiger partial charge is 0.275 e. The van der Waals surface area contributed by atoms with E-state index in [1.54, 1.807) is 24.3 Å². The number of unbranched alkanes of at least 4 members (excludes halogenated alkanes) is 7.